The number of halogens is 2. The average molecular weight is 390 g/mol. The van der Waals surface area contributed by atoms with E-state index in [2.05, 4.69) is 20.1 Å². The number of fused-ring (bicyclic) bond motifs is 3. The van der Waals surface area contributed by atoms with Crippen molar-refractivity contribution in [1.82, 2.24) is 20.1 Å². The maximum atomic E-state index is 12.5. The molecule has 1 aromatic heterocycles. The Kier molecular flexibility index (Phi) is 7.11. The minimum absolute atomic E-state index is 0. The van der Waals surface area contributed by atoms with Crippen LogP contribution >= 0.6 is 24.8 Å². The fourth-order valence-corrected chi connectivity index (χ4v) is 4.87. The number of aryl methyl sites for hydroxylation is 1. The number of aromatic nitrogens is 3. The summed E-state index contributed by atoms with van der Waals surface area (Å²) >= 11 is 0. The van der Waals surface area contributed by atoms with Crippen molar-refractivity contribution >= 4 is 30.7 Å². The molecule has 2 bridgehead atoms. The number of hydrogen-bond donors (Lipinski definition) is 2. The first-order valence-corrected chi connectivity index (χ1v) is 9.18. The van der Waals surface area contributed by atoms with Crippen molar-refractivity contribution in [2.75, 3.05) is 6.54 Å². The maximum absolute atomic E-state index is 12.5. The van der Waals surface area contributed by atoms with Gasteiger partial charge in [-0.25, -0.2) is 0 Å². The van der Waals surface area contributed by atoms with Crippen molar-refractivity contribution in [2.45, 2.75) is 64.0 Å². The predicted molar refractivity (Wildman–Crippen MR) is 101 cm³/mol. The molecule has 0 aromatic carbocycles. The molecular formula is C17H29Cl2N5O. The third kappa shape index (κ3) is 3.96. The number of hydrogen-bond acceptors (Lipinski definition) is 4. The third-order valence-electron chi connectivity index (χ3n) is 6.12. The van der Waals surface area contributed by atoms with Crippen LogP contribution in [-0.4, -0.2) is 33.3 Å². The zero-order valence-corrected chi connectivity index (χ0v) is 16.2. The largest absolute Gasteiger partial charge is 0.355 e. The molecule has 0 radical (unpaired) electrons. The van der Waals surface area contributed by atoms with E-state index in [1.54, 1.807) is 0 Å². The molecule has 1 aromatic rings. The monoisotopic (exact) mass is 389 g/mol. The van der Waals surface area contributed by atoms with Crippen molar-refractivity contribution in [3.05, 3.63) is 11.6 Å². The van der Waals surface area contributed by atoms with E-state index in [9.17, 15) is 4.79 Å². The van der Waals surface area contributed by atoms with E-state index in [0.717, 1.165) is 37.5 Å². The lowest BCUT2D eigenvalue weighted by atomic mass is 9.84. The minimum atomic E-state index is 0. The van der Waals surface area contributed by atoms with E-state index in [0.29, 0.717) is 18.4 Å². The molecule has 2 fully saturated rings. The molecule has 3 aliphatic rings. The average Bonchev–Trinajstić information content (AvgIpc) is 3.18. The summed E-state index contributed by atoms with van der Waals surface area (Å²) in [6.45, 7) is 1.65. The normalized spacial score (nSPS) is 30.0. The van der Waals surface area contributed by atoms with E-state index in [1.807, 2.05) is 0 Å². The van der Waals surface area contributed by atoms with Gasteiger partial charge in [0.2, 0.25) is 5.91 Å². The fraction of sp³-hybridized carbons (Fsp3) is 0.824. The molecule has 4 unspecified atom stereocenters. The Balaban J connectivity index is 0.00000113. The number of nitrogens with one attached hydrogen (secondary N) is 1. The summed E-state index contributed by atoms with van der Waals surface area (Å²) in [4.78, 5) is 12.5. The number of nitrogens with two attached hydrogens (primary N) is 1. The zero-order valence-electron chi connectivity index (χ0n) is 14.5. The predicted octanol–water partition coefficient (Wildman–Crippen LogP) is 1.88. The number of carbonyl (C=O) groups excluding carboxylic acids is 1. The molecule has 1 amide bonds. The lowest BCUT2D eigenvalue weighted by molar-refractivity contribution is -0.127. The van der Waals surface area contributed by atoms with Gasteiger partial charge in [0.15, 0.2) is 0 Å². The smallest absolute Gasteiger partial charge is 0.224 e. The zero-order chi connectivity index (χ0) is 15.8. The van der Waals surface area contributed by atoms with Crippen LogP contribution in [0.5, 0.6) is 0 Å². The Morgan fingerprint density at radius 1 is 1.16 bits per heavy atom. The molecular weight excluding hydrogens is 361 g/mol. The van der Waals surface area contributed by atoms with E-state index < -0.39 is 0 Å². The first kappa shape index (κ1) is 20.5. The molecule has 2 saturated carbocycles. The van der Waals surface area contributed by atoms with Gasteiger partial charge in [0.1, 0.15) is 11.6 Å². The summed E-state index contributed by atoms with van der Waals surface area (Å²) in [5.41, 5.74) is 6.25. The number of nitrogens with zero attached hydrogens (tertiary/aromatic N) is 3. The highest BCUT2D eigenvalue weighted by molar-refractivity contribution is 5.85. The molecule has 1 aliphatic heterocycles. The number of amides is 1. The molecule has 4 atom stereocenters. The van der Waals surface area contributed by atoms with Gasteiger partial charge in [-0.05, 0) is 43.9 Å². The van der Waals surface area contributed by atoms with E-state index in [4.69, 9.17) is 5.73 Å². The summed E-state index contributed by atoms with van der Waals surface area (Å²) in [5, 5.41) is 11.7. The molecule has 0 spiro atoms. The van der Waals surface area contributed by atoms with Crippen LogP contribution in [-0.2, 0) is 24.2 Å². The van der Waals surface area contributed by atoms with E-state index >= 15 is 0 Å². The molecule has 25 heavy (non-hydrogen) atoms. The first-order chi connectivity index (χ1) is 11.2. The quantitative estimate of drug-likeness (QED) is 0.822. The Morgan fingerprint density at radius 2 is 1.96 bits per heavy atom. The van der Waals surface area contributed by atoms with Crippen LogP contribution in [0.3, 0.4) is 0 Å². The lowest BCUT2D eigenvalue weighted by Crippen LogP contribution is -2.45. The maximum Gasteiger partial charge on any atom is 0.224 e. The first-order valence-electron chi connectivity index (χ1n) is 9.18. The number of rotatable bonds is 4. The SMILES string of the molecule is Cl.Cl.NC1C2CCC(C2)C1C(=O)NCCc1nnc2n1CCCCC2. The van der Waals surface area contributed by atoms with Gasteiger partial charge in [0.25, 0.3) is 0 Å². The van der Waals surface area contributed by atoms with Crippen molar-refractivity contribution in [3.8, 4) is 0 Å². The van der Waals surface area contributed by atoms with Crippen molar-refractivity contribution in [1.29, 1.82) is 0 Å². The standard InChI is InChI=1S/C17H27N5O.2ClH/c18-16-12-6-5-11(10-12)15(16)17(23)19-8-7-14-21-20-13-4-2-1-3-9-22(13)14;;/h11-12,15-16H,1-10,18H2,(H,19,23);2*1H. The van der Waals surface area contributed by atoms with Gasteiger partial charge < -0.3 is 15.6 Å². The van der Waals surface area contributed by atoms with Crippen LogP contribution in [0.4, 0.5) is 0 Å². The Hall–Kier alpha value is -0.850. The van der Waals surface area contributed by atoms with Gasteiger partial charge in [0, 0.05) is 32.0 Å². The fourth-order valence-electron chi connectivity index (χ4n) is 4.87. The molecule has 2 heterocycles. The van der Waals surface area contributed by atoms with Crippen LogP contribution in [0.2, 0.25) is 0 Å². The summed E-state index contributed by atoms with van der Waals surface area (Å²) in [7, 11) is 0. The molecule has 142 valence electrons. The second-order valence-corrected chi connectivity index (χ2v) is 7.47. The van der Waals surface area contributed by atoms with Gasteiger partial charge in [0.05, 0.1) is 5.92 Å². The molecule has 6 nitrogen and oxygen atoms in total. The minimum Gasteiger partial charge on any atom is -0.355 e. The van der Waals surface area contributed by atoms with Crippen LogP contribution in [0.15, 0.2) is 0 Å². The van der Waals surface area contributed by atoms with Crippen LogP contribution in [0, 0.1) is 17.8 Å². The molecule has 3 N–H and O–H groups in total. The second-order valence-electron chi connectivity index (χ2n) is 7.47. The van der Waals surface area contributed by atoms with Crippen molar-refractivity contribution in [3.63, 3.8) is 0 Å². The van der Waals surface area contributed by atoms with Gasteiger partial charge in [-0.1, -0.05) is 6.42 Å². The molecule has 4 rings (SSSR count). The molecule has 8 heteroatoms. The van der Waals surface area contributed by atoms with Crippen molar-refractivity contribution < 1.29 is 4.79 Å². The van der Waals surface area contributed by atoms with E-state index in [1.165, 1.54) is 32.1 Å². The summed E-state index contributed by atoms with van der Waals surface area (Å²) in [5.74, 6) is 3.39. The Morgan fingerprint density at radius 3 is 2.72 bits per heavy atom. The molecule has 0 saturated heterocycles. The Bertz CT molecular complexity index is 592. The van der Waals surface area contributed by atoms with Crippen molar-refractivity contribution in [2.24, 2.45) is 23.5 Å². The highest BCUT2D eigenvalue weighted by Crippen LogP contribution is 2.47. The van der Waals surface area contributed by atoms with Gasteiger partial charge in [-0.15, -0.1) is 35.0 Å². The topological polar surface area (TPSA) is 85.8 Å². The molecule has 2 aliphatic carbocycles. The van der Waals surface area contributed by atoms with Gasteiger partial charge in [-0.3, -0.25) is 4.79 Å². The van der Waals surface area contributed by atoms with Crippen LogP contribution in [0.1, 0.15) is 50.2 Å². The van der Waals surface area contributed by atoms with Gasteiger partial charge in [-0.2, -0.15) is 0 Å². The highest BCUT2D eigenvalue weighted by Gasteiger charge is 2.48. The highest BCUT2D eigenvalue weighted by atomic mass is 35.5. The third-order valence-corrected chi connectivity index (χ3v) is 6.12. The summed E-state index contributed by atoms with van der Waals surface area (Å²) in [6, 6.07) is 0.0677. The van der Waals surface area contributed by atoms with Crippen LogP contribution < -0.4 is 11.1 Å². The summed E-state index contributed by atoms with van der Waals surface area (Å²) in [6.07, 6.45) is 8.99. The second kappa shape index (κ2) is 8.69. The lowest BCUT2D eigenvalue weighted by Gasteiger charge is -2.27. The number of carbonyl (C=O) groups is 1. The summed E-state index contributed by atoms with van der Waals surface area (Å²) < 4.78 is 2.25. The van der Waals surface area contributed by atoms with Gasteiger partial charge >= 0.3 is 0 Å². The van der Waals surface area contributed by atoms with E-state index in [-0.39, 0.29) is 42.7 Å². The Labute approximate surface area is 161 Å². The van der Waals surface area contributed by atoms with Crippen LogP contribution in [0.25, 0.3) is 0 Å².